The zero-order valence-electron chi connectivity index (χ0n) is 21.0. The third-order valence-corrected chi connectivity index (χ3v) is 10.6. The number of para-hydroxylation sites is 2. The second kappa shape index (κ2) is 8.50. The number of fused-ring (bicyclic) bond motifs is 3. The molecule has 0 radical (unpaired) electrons. The Morgan fingerprint density at radius 3 is 1.97 bits per heavy atom. The Bertz CT molecular complexity index is 1600. The average molecular weight is 502 g/mol. The van der Waals surface area contributed by atoms with E-state index in [2.05, 4.69) is 80.4 Å². The summed E-state index contributed by atoms with van der Waals surface area (Å²) >= 11 is 0. The molecule has 0 saturated carbocycles. The fraction of sp³-hybridized carbons (Fsp3) is 0.0909. The molecule has 0 fully saturated rings. The molecule has 0 amide bonds. The van der Waals surface area contributed by atoms with Crippen molar-refractivity contribution >= 4 is 34.8 Å². The first kappa shape index (κ1) is 23.3. The number of nitrogens with zero attached hydrogens (tertiary/aromatic N) is 1. The summed E-state index contributed by atoms with van der Waals surface area (Å²) in [5, 5.41) is 1.99. The molecule has 0 N–H and O–H groups in total. The molecule has 0 saturated heterocycles. The highest BCUT2D eigenvalue weighted by Gasteiger charge is 2.41. The maximum Gasteiger partial charge on any atom is 0.178 e. The summed E-state index contributed by atoms with van der Waals surface area (Å²) in [5.74, 6) is 1.05. The molecular formula is C33H28NO2P. The first-order valence-electron chi connectivity index (χ1n) is 12.4. The van der Waals surface area contributed by atoms with Gasteiger partial charge in [-0.15, -0.1) is 0 Å². The first-order chi connectivity index (χ1) is 17.9. The zero-order chi connectivity index (χ0) is 25.8. The third kappa shape index (κ3) is 3.31. The Morgan fingerprint density at radius 2 is 1.38 bits per heavy atom. The van der Waals surface area contributed by atoms with Gasteiger partial charge in [-0.25, -0.2) is 0 Å². The minimum Gasteiger partial charge on any atom is -0.456 e. The van der Waals surface area contributed by atoms with Crippen LogP contribution in [0.5, 0.6) is 5.75 Å². The summed E-state index contributed by atoms with van der Waals surface area (Å²) < 4.78 is 21.2. The van der Waals surface area contributed by atoms with Crippen LogP contribution in [0.3, 0.4) is 0 Å². The van der Waals surface area contributed by atoms with Crippen LogP contribution in [0.15, 0.2) is 133 Å². The molecule has 0 spiro atoms. The van der Waals surface area contributed by atoms with Crippen molar-refractivity contribution in [2.24, 2.45) is 0 Å². The summed E-state index contributed by atoms with van der Waals surface area (Å²) in [7, 11) is -3.20. The average Bonchev–Trinajstić information content (AvgIpc) is 2.93. The number of hydrogen-bond acceptors (Lipinski definition) is 3. The monoisotopic (exact) mass is 501 g/mol. The van der Waals surface area contributed by atoms with Gasteiger partial charge in [0.25, 0.3) is 0 Å². The lowest BCUT2D eigenvalue weighted by Gasteiger charge is -2.42. The van der Waals surface area contributed by atoms with Gasteiger partial charge >= 0.3 is 0 Å². The highest BCUT2D eigenvalue weighted by atomic mass is 31.2. The molecule has 2 aliphatic heterocycles. The molecule has 6 rings (SSSR count). The Balaban J connectivity index is 1.59. The van der Waals surface area contributed by atoms with Crippen LogP contribution in [0, 0.1) is 0 Å². The van der Waals surface area contributed by atoms with E-state index in [0.717, 1.165) is 22.4 Å². The normalized spacial score (nSPS) is 19.2. The second-order valence-electron chi connectivity index (χ2n) is 9.85. The zero-order valence-corrected chi connectivity index (χ0v) is 21.9. The number of hydrogen-bond donors (Lipinski definition) is 0. The second-order valence-corrected chi connectivity index (χ2v) is 12.5. The van der Waals surface area contributed by atoms with E-state index in [0.29, 0.717) is 22.1 Å². The molecular weight excluding hydrogens is 473 g/mol. The molecule has 0 bridgehead atoms. The number of benzene rings is 4. The van der Waals surface area contributed by atoms with Gasteiger partial charge in [0.2, 0.25) is 0 Å². The lowest BCUT2D eigenvalue weighted by atomic mass is 9.73. The molecule has 1 atom stereocenters. The Morgan fingerprint density at radius 1 is 0.784 bits per heavy atom. The van der Waals surface area contributed by atoms with Crippen LogP contribution in [0.2, 0.25) is 0 Å². The number of allylic oxidation sites excluding steroid dienone is 3. The predicted molar refractivity (Wildman–Crippen MR) is 155 cm³/mol. The third-order valence-electron chi connectivity index (χ3n) is 7.49. The van der Waals surface area contributed by atoms with Crippen molar-refractivity contribution in [2.45, 2.75) is 19.3 Å². The summed E-state index contributed by atoms with van der Waals surface area (Å²) in [6, 6.07) is 32.6. The van der Waals surface area contributed by atoms with Crippen LogP contribution in [0.4, 0.5) is 17.1 Å². The van der Waals surface area contributed by atoms with Crippen molar-refractivity contribution < 1.29 is 9.30 Å². The summed E-state index contributed by atoms with van der Waals surface area (Å²) in [6.07, 6.45) is 3.26. The SMILES string of the molecule is C=CC1=C(C=C)P(=O)(c2ccccc2)c2ccc(N3c4ccccc4C(C)(C)c4ccccc43)cc2O1. The molecule has 4 heteroatoms. The maximum absolute atomic E-state index is 14.9. The van der Waals surface area contributed by atoms with Crippen LogP contribution in [-0.4, -0.2) is 0 Å². The van der Waals surface area contributed by atoms with Gasteiger partial charge in [0, 0.05) is 22.5 Å². The van der Waals surface area contributed by atoms with Crippen molar-refractivity contribution in [3.8, 4) is 5.75 Å². The molecule has 182 valence electrons. The first-order valence-corrected chi connectivity index (χ1v) is 14.1. The van der Waals surface area contributed by atoms with E-state index in [1.54, 1.807) is 12.2 Å². The summed E-state index contributed by atoms with van der Waals surface area (Å²) in [6.45, 7) is 12.4. The van der Waals surface area contributed by atoms with E-state index in [-0.39, 0.29) is 5.41 Å². The lowest BCUT2D eigenvalue weighted by Crippen LogP contribution is -2.31. The predicted octanol–water partition coefficient (Wildman–Crippen LogP) is 8.09. The maximum atomic E-state index is 14.9. The standard InChI is InChI=1S/C33H28NO2P/c1-5-29-31(6-2)37(35,24-14-8-7-9-15-24)32-21-20-23(22-30(32)36-29)34-27-18-12-10-16-25(27)33(3,4)26-17-11-13-19-28(26)34/h5-22H,1-2H2,3-4H3. The molecule has 3 nitrogen and oxygen atoms in total. The van der Waals surface area contributed by atoms with Crippen molar-refractivity contribution in [2.75, 3.05) is 4.90 Å². The Hall–Kier alpha value is -4.07. The minimum absolute atomic E-state index is 0.144. The Kier molecular flexibility index (Phi) is 5.36. The number of rotatable bonds is 4. The molecule has 4 aromatic rings. The highest BCUT2D eigenvalue weighted by Crippen LogP contribution is 2.59. The molecule has 4 aromatic carbocycles. The van der Waals surface area contributed by atoms with Gasteiger partial charge in [-0.05, 0) is 41.5 Å². The molecule has 0 aromatic heterocycles. The van der Waals surface area contributed by atoms with E-state index in [1.165, 1.54) is 11.1 Å². The topological polar surface area (TPSA) is 29.5 Å². The van der Waals surface area contributed by atoms with Gasteiger partial charge in [0.1, 0.15) is 11.5 Å². The van der Waals surface area contributed by atoms with Gasteiger partial charge in [0.05, 0.1) is 22.0 Å². The van der Waals surface area contributed by atoms with E-state index in [4.69, 9.17) is 4.74 Å². The van der Waals surface area contributed by atoms with Crippen molar-refractivity contribution in [3.05, 3.63) is 145 Å². The van der Waals surface area contributed by atoms with Gasteiger partial charge in [0.15, 0.2) is 7.14 Å². The van der Waals surface area contributed by atoms with Crippen LogP contribution in [0.1, 0.15) is 25.0 Å². The van der Waals surface area contributed by atoms with Crippen LogP contribution in [-0.2, 0) is 9.98 Å². The van der Waals surface area contributed by atoms with E-state index < -0.39 is 7.14 Å². The van der Waals surface area contributed by atoms with Crippen molar-refractivity contribution in [3.63, 3.8) is 0 Å². The molecule has 1 unspecified atom stereocenters. The fourth-order valence-electron chi connectivity index (χ4n) is 5.68. The van der Waals surface area contributed by atoms with Crippen LogP contribution >= 0.6 is 7.14 Å². The molecule has 0 aliphatic carbocycles. The molecule has 37 heavy (non-hydrogen) atoms. The lowest BCUT2D eigenvalue weighted by molar-refractivity contribution is 0.442. The highest BCUT2D eigenvalue weighted by molar-refractivity contribution is 7.82. The van der Waals surface area contributed by atoms with Crippen molar-refractivity contribution in [1.29, 1.82) is 0 Å². The number of anilines is 3. The largest absolute Gasteiger partial charge is 0.456 e. The van der Waals surface area contributed by atoms with E-state index in [1.807, 2.05) is 48.5 Å². The van der Waals surface area contributed by atoms with Gasteiger partial charge in [-0.1, -0.05) is 99.8 Å². The molecule has 2 heterocycles. The van der Waals surface area contributed by atoms with Crippen molar-refractivity contribution in [1.82, 2.24) is 0 Å². The molecule has 2 aliphatic rings. The summed E-state index contributed by atoms with van der Waals surface area (Å²) in [5.41, 5.74) is 5.55. The smallest absolute Gasteiger partial charge is 0.178 e. The van der Waals surface area contributed by atoms with Crippen LogP contribution < -0.4 is 20.2 Å². The van der Waals surface area contributed by atoms with E-state index in [9.17, 15) is 4.57 Å². The Labute approximate surface area is 218 Å². The van der Waals surface area contributed by atoms with Gasteiger partial charge in [-0.2, -0.15) is 0 Å². The quantitative estimate of drug-likeness (QED) is 0.265. The van der Waals surface area contributed by atoms with E-state index >= 15 is 0 Å². The number of ether oxygens (including phenoxy) is 1. The van der Waals surface area contributed by atoms with Crippen LogP contribution in [0.25, 0.3) is 0 Å². The van der Waals surface area contributed by atoms with Gasteiger partial charge < -0.3 is 14.2 Å². The van der Waals surface area contributed by atoms with Gasteiger partial charge in [-0.3, -0.25) is 0 Å². The minimum atomic E-state index is -3.20. The fourth-order valence-corrected chi connectivity index (χ4v) is 8.50. The summed E-state index contributed by atoms with van der Waals surface area (Å²) in [4.78, 5) is 2.27.